The van der Waals surface area contributed by atoms with E-state index in [0.29, 0.717) is 0 Å². The predicted molar refractivity (Wildman–Crippen MR) is 138 cm³/mol. The molecule has 1 saturated heterocycles. The number of nitrogens with zero attached hydrogens (tertiary/aromatic N) is 6. The van der Waals surface area contributed by atoms with Gasteiger partial charge in [0.15, 0.2) is 0 Å². The van der Waals surface area contributed by atoms with Crippen molar-refractivity contribution in [2.75, 3.05) is 49.6 Å². The van der Waals surface area contributed by atoms with Crippen LogP contribution in [-0.4, -0.2) is 103 Å². The number of aromatic nitrogens is 3. The van der Waals surface area contributed by atoms with Gasteiger partial charge in [-0.3, -0.25) is 0 Å². The van der Waals surface area contributed by atoms with Crippen molar-refractivity contribution in [3.63, 3.8) is 0 Å². The lowest BCUT2D eigenvalue weighted by atomic mass is 9.95. The second-order valence-corrected chi connectivity index (χ2v) is 14.0. The summed E-state index contributed by atoms with van der Waals surface area (Å²) in [6.45, 7) is 2.40. The number of nitrogen functional groups attached to an aromatic ring is 1. The minimum Gasteiger partial charge on any atom is -0.384 e. The van der Waals surface area contributed by atoms with Gasteiger partial charge >= 0.3 is 12.4 Å². The van der Waals surface area contributed by atoms with Crippen molar-refractivity contribution in [3.05, 3.63) is 36.3 Å². The molecule has 42 heavy (non-hydrogen) atoms. The molecule has 3 rings (SSSR count). The number of pyridine rings is 1. The normalized spacial score (nSPS) is 18.2. The summed E-state index contributed by atoms with van der Waals surface area (Å²) in [6, 6.07) is 1.47. The molecule has 2 aromatic rings. The molecule has 0 amide bonds. The Kier molecular flexibility index (Phi) is 9.39. The Bertz CT molecular complexity index is 1440. The molecule has 1 aliphatic rings. The zero-order valence-corrected chi connectivity index (χ0v) is 24.1. The summed E-state index contributed by atoms with van der Waals surface area (Å²) in [5, 5.41) is 9.65. The summed E-state index contributed by atoms with van der Waals surface area (Å²) >= 11 is 0. The van der Waals surface area contributed by atoms with Crippen LogP contribution in [0.2, 0.25) is 0 Å². The number of nitrogens with two attached hydrogens (primary N) is 1. The average Bonchev–Trinajstić information content (AvgIpc) is 2.86. The molecule has 0 radical (unpaired) electrons. The Balaban J connectivity index is 2.03. The van der Waals surface area contributed by atoms with Crippen molar-refractivity contribution in [2.24, 2.45) is 5.92 Å². The zero-order chi connectivity index (χ0) is 31.9. The molecule has 3 heterocycles. The van der Waals surface area contributed by atoms with Gasteiger partial charge in [0.1, 0.15) is 10.7 Å². The van der Waals surface area contributed by atoms with Gasteiger partial charge in [-0.25, -0.2) is 31.8 Å². The van der Waals surface area contributed by atoms with E-state index in [0.717, 1.165) is 21.1 Å². The summed E-state index contributed by atoms with van der Waals surface area (Å²) in [5.74, 6) is -0.493. The number of alkyl halides is 6. The van der Waals surface area contributed by atoms with E-state index in [1.165, 1.54) is 17.0 Å². The molecule has 2 aromatic heterocycles. The summed E-state index contributed by atoms with van der Waals surface area (Å²) in [4.78, 5) is 12.1. The topological polar surface area (TPSA) is 163 Å². The van der Waals surface area contributed by atoms with Crippen molar-refractivity contribution in [3.8, 4) is 0 Å². The van der Waals surface area contributed by atoms with E-state index >= 15 is 0 Å². The van der Waals surface area contributed by atoms with Gasteiger partial charge in [0.25, 0.3) is 5.60 Å². The van der Waals surface area contributed by atoms with Gasteiger partial charge in [-0.15, -0.1) is 0 Å². The molecule has 12 nitrogen and oxygen atoms in total. The largest absolute Gasteiger partial charge is 0.430 e. The van der Waals surface area contributed by atoms with Gasteiger partial charge in [-0.2, -0.15) is 35.0 Å². The third-order valence-corrected chi connectivity index (χ3v) is 9.51. The molecule has 3 N–H and O–H groups in total. The van der Waals surface area contributed by atoms with E-state index in [1.54, 1.807) is 13.8 Å². The second kappa shape index (κ2) is 11.7. The summed E-state index contributed by atoms with van der Waals surface area (Å²) in [6.07, 6.45) is -9.97. The fourth-order valence-electron chi connectivity index (χ4n) is 4.29. The van der Waals surface area contributed by atoms with Gasteiger partial charge in [-0.05, 0) is 18.1 Å². The lowest BCUT2D eigenvalue weighted by molar-refractivity contribution is -0.376. The van der Waals surface area contributed by atoms with E-state index < -0.39 is 55.6 Å². The molecule has 1 atom stereocenters. The van der Waals surface area contributed by atoms with Gasteiger partial charge in [0, 0.05) is 56.9 Å². The number of aliphatic hydroxyl groups is 1. The first-order valence-corrected chi connectivity index (χ1v) is 15.5. The van der Waals surface area contributed by atoms with Gasteiger partial charge in [0.2, 0.25) is 26.0 Å². The first kappa shape index (κ1) is 33.7. The predicted octanol–water partition coefficient (Wildman–Crippen LogP) is 1.56. The molecule has 1 aliphatic heterocycles. The van der Waals surface area contributed by atoms with Crippen LogP contribution in [0.4, 0.5) is 38.1 Å². The molecule has 0 saturated carbocycles. The van der Waals surface area contributed by atoms with Gasteiger partial charge in [-0.1, -0.05) is 13.8 Å². The maximum absolute atomic E-state index is 13.3. The monoisotopic (exact) mass is 649 g/mol. The van der Waals surface area contributed by atoms with E-state index in [2.05, 4.69) is 15.0 Å². The number of hydrogen-bond acceptors (Lipinski definition) is 10. The summed E-state index contributed by atoms with van der Waals surface area (Å²) in [7, 11) is -8.02. The van der Waals surface area contributed by atoms with Crippen LogP contribution in [0.5, 0.6) is 0 Å². The highest BCUT2D eigenvalue weighted by molar-refractivity contribution is 7.89. The Morgan fingerprint density at radius 2 is 1.57 bits per heavy atom. The molecule has 0 aromatic carbocycles. The summed E-state index contributed by atoms with van der Waals surface area (Å²) < 4.78 is 134. The first-order valence-electron chi connectivity index (χ1n) is 12.2. The minimum atomic E-state index is -6.15. The number of anilines is 2. The van der Waals surface area contributed by atoms with Crippen molar-refractivity contribution in [1.82, 2.24) is 23.6 Å². The molecule has 0 unspecified atom stereocenters. The molecule has 0 aliphatic carbocycles. The Hall–Kier alpha value is -2.81. The van der Waals surface area contributed by atoms with Crippen LogP contribution in [0.15, 0.2) is 35.6 Å². The maximum Gasteiger partial charge on any atom is 0.430 e. The lowest BCUT2D eigenvalue weighted by Crippen LogP contribution is -2.59. The SMILES string of the molecule is CC(C)CN(C[C@H]1CN(S(=O)(=O)c2ccc(N)nc2)CCN1c1ncc(C(O)(C(F)(F)F)C(F)(F)F)cn1)S(C)(=O)=O. The van der Waals surface area contributed by atoms with Gasteiger partial charge in [0.05, 0.1) is 12.3 Å². The van der Waals surface area contributed by atoms with Crippen molar-refractivity contribution >= 4 is 31.8 Å². The van der Waals surface area contributed by atoms with Crippen LogP contribution < -0.4 is 10.6 Å². The first-order chi connectivity index (χ1) is 19.1. The minimum absolute atomic E-state index is 0.0296. The van der Waals surface area contributed by atoms with E-state index in [9.17, 15) is 48.3 Å². The number of piperazine rings is 1. The average molecular weight is 650 g/mol. The van der Waals surface area contributed by atoms with Gasteiger partial charge < -0.3 is 15.7 Å². The highest BCUT2D eigenvalue weighted by atomic mass is 32.2. The fraction of sp³-hybridized carbons (Fsp3) is 0.591. The van der Waals surface area contributed by atoms with Crippen molar-refractivity contribution in [2.45, 2.75) is 42.7 Å². The van der Waals surface area contributed by atoms with Crippen molar-refractivity contribution in [1.29, 1.82) is 0 Å². The molecule has 1 fully saturated rings. The standard InChI is InChI=1S/C22H29F6N7O5S2/c1-14(2)11-34(41(3,37)38)13-16-12-33(42(39,40)17-4-5-18(29)30-10-17)6-7-35(16)19-31-8-15(9-32-19)20(36,21(23,24)25)22(26,27)28/h4-5,8-10,14,16,36H,6-7,11-13H2,1-3H3,(H2,29,30)/t16-/m1/s1. The van der Waals surface area contributed by atoms with Crippen LogP contribution in [0, 0.1) is 5.92 Å². The van der Waals surface area contributed by atoms with Crippen LogP contribution in [0.25, 0.3) is 0 Å². The highest BCUT2D eigenvalue weighted by Crippen LogP contribution is 2.49. The number of halogens is 6. The Labute approximate surface area is 238 Å². The highest BCUT2D eigenvalue weighted by Gasteiger charge is 2.71. The van der Waals surface area contributed by atoms with Crippen LogP contribution in [-0.2, 0) is 25.6 Å². The Morgan fingerprint density at radius 1 is 1.00 bits per heavy atom. The van der Waals surface area contributed by atoms with Crippen LogP contribution >= 0.6 is 0 Å². The molecular formula is C22H29F6N7O5S2. The third kappa shape index (κ3) is 6.87. The Morgan fingerprint density at radius 3 is 2.02 bits per heavy atom. The summed E-state index contributed by atoms with van der Waals surface area (Å²) in [5.41, 5.74) is -1.40. The third-order valence-electron chi connectivity index (χ3n) is 6.43. The zero-order valence-electron chi connectivity index (χ0n) is 22.5. The van der Waals surface area contributed by atoms with Crippen LogP contribution in [0.3, 0.4) is 0 Å². The quantitative estimate of drug-likeness (QED) is 0.381. The number of rotatable bonds is 9. The molecule has 20 heteroatoms. The van der Waals surface area contributed by atoms with E-state index in [-0.39, 0.29) is 61.7 Å². The molecular weight excluding hydrogens is 620 g/mol. The number of hydrogen-bond donors (Lipinski definition) is 2. The second-order valence-electron chi connectivity index (χ2n) is 10.1. The lowest BCUT2D eigenvalue weighted by Gasteiger charge is -2.42. The van der Waals surface area contributed by atoms with Crippen molar-refractivity contribution < 1.29 is 48.3 Å². The molecule has 0 spiro atoms. The fourth-order valence-corrected chi connectivity index (χ4v) is 6.72. The maximum atomic E-state index is 13.3. The number of sulfonamides is 2. The smallest absolute Gasteiger partial charge is 0.384 e. The van der Waals surface area contributed by atoms with E-state index in [4.69, 9.17) is 5.73 Å². The van der Waals surface area contributed by atoms with Crippen LogP contribution in [0.1, 0.15) is 19.4 Å². The molecule has 236 valence electrons. The van der Waals surface area contributed by atoms with E-state index in [1.807, 2.05) is 0 Å². The molecule has 0 bridgehead atoms.